The van der Waals surface area contributed by atoms with E-state index in [-0.39, 0.29) is 6.42 Å². The number of hydrogen-bond donors (Lipinski definition) is 4. The number of aliphatic carboxylic acids is 1. The molecule has 0 aromatic rings. The van der Waals surface area contributed by atoms with Crippen molar-refractivity contribution >= 4 is 19.8 Å². The molecule has 0 spiro atoms. The average molecular weight is 550 g/mol. The smallest absolute Gasteiger partial charge is 0.472 e. The Balaban J connectivity index is 1.43. The lowest BCUT2D eigenvalue weighted by Gasteiger charge is -2.19. The first-order valence-corrected chi connectivity index (χ1v) is 15.5. The summed E-state index contributed by atoms with van der Waals surface area (Å²) in [6.07, 6.45) is 15.4. The van der Waals surface area contributed by atoms with Gasteiger partial charge in [-0.2, -0.15) is 0 Å². The van der Waals surface area contributed by atoms with Gasteiger partial charge in [0.05, 0.1) is 13.2 Å². The standard InChI is InChI=1S/C26H48NO9P/c1-2-3-7-10-19-13-21(19)15-22-14-20(22)11-8-5-4-6-9-12-25(29)34-17-23(16-28)36-37(32,33)35-18-24(27)26(30)31/h19-24,28H,2-18,27H2,1H3,(H,30,31)(H,32,33). The summed E-state index contributed by atoms with van der Waals surface area (Å²) >= 11 is 0. The van der Waals surface area contributed by atoms with E-state index in [1.54, 1.807) is 0 Å². The summed E-state index contributed by atoms with van der Waals surface area (Å²) in [5.74, 6) is 2.10. The number of aliphatic hydroxyl groups is 1. The normalized spacial score (nSPS) is 25.7. The maximum atomic E-state index is 11.9. The first-order chi connectivity index (χ1) is 17.6. The van der Waals surface area contributed by atoms with E-state index in [4.69, 9.17) is 20.1 Å². The predicted octanol–water partition coefficient (Wildman–Crippen LogP) is 4.41. The van der Waals surface area contributed by atoms with Gasteiger partial charge in [0.2, 0.25) is 0 Å². The summed E-state index contributed by atoms with van der Waals surface area (Å²) in [5.41, 5.74) is 5.20. The molecule has 0 heterocycles. The third kappa shape index (κ3) is 14.1. The molecule has 7 unspecified atom stereocenters. The third-order valence-electron chi connectivity index (χ3n) is 7.53. The van der Waals surface area contributed by atoms with Gasteiger partial charge in [-0.05, 0) is 49.4 Å². The maximum Gasteiger partial charge on any atom is 0.472 e. The highest BCUT2D eigenvalue weighted by Gasteiger charge is 2.44. The second-order valence-corrected chi connectivity index (χ2v) is 12.3. The molecule has 0 saturated heterocycles. The minimum Gasteiger partial charge on any atom is -0.480 e. The van der Waals surface area contributed by atoms with Crippen LogP contribution in [0.25, 0.3) is 0 Å². The van der Waals surface area contributed by atoms with Crippen molar-refractivity contribution in [2.24, 2.45) is 29.4 Å². The number of phosphoric ester groups is 1. The molecule has 10 nitrogen and oxygen atoms in total. The fraction of sp³-hybridized carbons (Fsp3) is 0.923. The zero-order chi connectivity index (χ0) is 27.3. The minimum absolute atomic E-state index is 0.227. The number of carboxylic acid groups (broad SMARTS) is 1. The Morgan fingerprint density at radius 1 is 0.946 bits per heavy atom. The number of esters is 1. The van der Waals surface area contributed by atoms with E-state index in [0.29, 0.717) is 6.42 Å². The Kier molecular flexibility index (Phi) is 14.6. The van der Waals surface area contributed by atoms with Crippen LogP contribution in [0, 0.1) is 23.7 Å². The quantitative estimate of drug-likeness (QED) is 0.0814. The number of aliphatic hydroxyl groups excluding tert-OH is 1. The van der Waals surface area contributed by atoms with Crippen LogP contribution in [0.15, 0.2) is 0 Å². The van der Waals surface area contributed by atoms with E-state index in [1.165, 1.54) is 64.2 Å². The molecular weight excluding hydrogens is 501 g/mol. The lowest BCUT2D eigenvalue weighted by Crippen LogP contribution is -2.35. The summed E-state index contributed by atoms with van der Waals surface area (Å²) in [7, 11) is -4.67. The number of unbranched alkanes of at least 4 members (excludes halogenated alkanes) is 6. The largest absolute Gasteiger partial charge is 0.480 e. The number of nitrogens with two attached hydrogens (primary N) is 1. The Morgan fingerprint density at radius 2 is 1.54 bits per heavy atom. The molecule has 216 valence electrons. The highest BCUT2D eigenvalue weighted by molar-refractivity contribution is 7.47. The van der Waals surface area contributed by atoms with Crippen molar-refractivity contribution in [3.63, 3.8) is 0 Å². The van der Waals surface area contributed by atoms with Gasteiger partial charge in [-0.15, -0.1) is 0 Å². The highest BCUT2D eigenvalue weighted by Crippen LogP contribution is 2.54. The zero-order valence-electron chi connectivity index (χ0n) is 22.3. The first-order valence-electron chi connectivity index (χ1n) is 14.1. The second-order valence-electron chi connectivity index (χ2n) is 10.9. The molecule has 0 aromatic heterocycles. The Hall–Kier alpha value is -1.03. The Labute approximate surface area is 221 Å². The second kappa shape index (κ2) is 16.8. The molecule has 11 heteroatoms. The van der Waals surface area contributed by atoms with Crippen molar-refractivity contribution in [1.82, 2.24) is 0 Å². The molecule has 2 rings (SSSR count). The van der Waals surface area contributed by atoms with Gasteiger partial charge in [-0.25, -0.2) is 4.57 Å². The number of carbonyl (C=O) groups is 2. The van der Waals surface area contributed by atoms with Crippen molar-refractivity contribution in [2.45, 2.75) is 109 Å². The maximum absolute atomic E-state index is 11.9. The minimum atomic E-state index is -4.67. The molecule has 2 aliphatic carbocycles. The molecule has 0 aromatic carbocycles. The third-order valence-corrected chi connectivity index (χ3v) is 8.57. The predicted molar refractivity (Wildman–Crippen MR) is 139 cm³/mol. The van der Waals surface area contributed by atoms with Crippen LogP contribution in [0.5, 0.6) is 0 Å². The number of carboxylic acids is 1. The number of phosphoric acid groups is 1. The van der Waals surface area contributed by atoms with Gasteiger partial charge >= 0.3 is 19.8 Å². The topological polar surface area (TPSA) is 166 Å². The molecule has 0 aliphatic heterocycles. The van der Waals surface area contributed by atoms with Crippen molar-refractivity contribution < 1.29 is 43.0 Å². The van der Waals surface area contributed by atoms with Crippen LogP contribution in [0.2, 0.25) is 0 Å². The van der Waals surface area contributed by atoms with Gasteiger partial charge in [-0.3, -0.25) is 18.6 Å². The molecular formula is C26H48NO9P. The first kappa shape index (κ1) is 32.2. The summed E-state index contributed by atoms with van der Waals surface area (Å²) < 4.78 is 26.1. The van der Waals surface area contributed by atoms with E-state index in [2.05, 4.69) is 11.4 Å². The lowest BCUT2D eigenvalue weighted by atomic mass is 10.0. The lowest BCUT2D eigenvalue weighted by molar-refractivity contribution is -0.147. The van der Waals surface area contributed by atoms with Gasteiger partial charge in [-0.1, -0.05) is 64.7 Å². The van der Waals surface area contributed by atoms with Crippen LogP contribution in [-0.4, -0.2) is 59.0 Å². The van der Waals surface area contributed by atoms with Crippen LogP contribution in [0.4, 0.5) is 0 Å². The van der Waals surface area contributed by atoms with Gasteiger partial charge < -0.3 is 25.6 Å². The molecule has 0 bridgehead atoms. The van der Waals surface area contributed by atoms with Crippen molar-refractivity contribution in [3.05, 3.63) is 0 Å². The van der Waals surface area contributed by atoms with Crippen LogP contribution < -0.4 is 5.73 Å². The molecule has 2 fully saturated rings. The Bertz CT molecular complexity index is 737. The van der Waals surface area contributed by atoms with E-state index in [0.717, 1.165) is 36.5 Å². The highest BCUT2D eigenvalue weighted by atomic mass is 31.2. The van der Waals surface area contributed by atoms with Crippen LogP contribution >= 0.6 is 7.82 Å². The number of rotatable bonds is 23. The molecule has 0 radical (unpaired) electrons. The average Bonchev–Trinajstić information content (AvgIpc) is 3.78. The van der Waals surface area contributed by atoms with Crippen LogP contribution in [-0.2, 0) is 27.9 Å². The van der Waals surface area contributed by atoms with Crippen molar-refractivity contribution in [3.8, 4) is 0 Å². The molecule has 2 saturated carbocycles. The Morgan fingerprint density at radius 3 is 2.14 bits per heavy atom. The number of hydrogen-bond acceptors (Lipinski definition) is 8. The zero-order valence-corrected chi connectivity index (χ0v) is 23.2. The molecule has 5 N–H and O–H groups in total. The van der Waals surface area contributed by atoms with Crippen molar-refractivity contribution in [2.75, 3.05) is 19.8 Å². The van der Waals surface area contributed by atoms with Gasteiger partial charge in [0, 0.05) is 6.42 Å². The summed E-state index contributed by atoms with van der Waals surface area (Å²) in [6, 6.07) is -1.50. The van der Waals surface area contributed by atoms with Gasteiger partial charge in [0.1, 0.15) is 18.8 Å². The summed E-state index contributed by atoms with van der Waals surface area (Å²) in [4.78, 5) is 32.2. The number of ether oxygens (including phenoxy) is 1. The fourth-order valence-electron chi connectivity index (χ4n) is 5.00. The van der Waals surface area contributed by atoms with Crippen LogP contribution in [0.3, 0.4) is 0 Å². The van der Waals surface area contributed by atoms with E-state index in [1.807, 2.05) is 0 Å². The molecule has 2 aliphatic rings. The fourth-order valence-corrected chi connectivity index (χ4v) is 5.91. The van der Waals surface area contributed by atoms with Crippen LogP contribution in [0.1, 0.15) is 96.8 Å². The SMILES string of the molecule is CCCCCC1CC1CC1CC1CCCCCCCC(=O)OCC(CO)OP(=O)(O)OCC(N)C(=O)O. The monoisotopic (exact) mass is 549 g/mol. The number of carbonyl (C=O) groups excluding carboxylic acids is 1. The van der Waals surface area contributed by atoms with Gasteiger partial charge in [0.15, 0.2) is 0 Å². The molecule has 37 heavy (non-hydrogen) atoms. The van der Waals surface area contributed by atoms with E-state index in [9.17, 15) is 24.2 Å². The van der Waals surface area contributed by atoms with E-state index >= 15 is 0 Å². The molecule has 0 amide bonds. The van der Waals surface area contributed by atoms with Crippen molar-refractivity contribution in [1.29, 1.82) is 0 Å². The van der Waals surface area contributed by atoms with Gasteiger partial charge in [0.25, 0.3) is 0 Å². The molecule has 7 atom stereocenters. The summed E-state index contributed by atoms with van der Waals surface area (Å²) in [6.45, 7) is 0.416. The van der Waals surface area contributed by atoms with E-state index < -0.39 is 51.7 Å². The summed E-state index contributed by atoms with van der Waals surface area (Å²) in [5, 5.41) is 18.0.